The van der Waals surface area contributed by atoms with Gasteiger partial charge in [-0.3, -0.25) is 9.59 Å². The second-order valence-corrected chi connectivity index (χ2v) is 5.84. The fraction of sp³-hybridized carbons (Fsp3) is 0.0588. The topological polar surface area (TPSA) is 60.2 Å². The monoisotopic (exact) mass is 295 g/mol. The lowest BCUT2D eigenvalue weighted by atomic mass is 10.00. The van der Waals surface area contributed by atoms with Crippen LogP contribution in [0.15, 0.2) is 48.5 Å². The summed E-state index contributed by atoms with van der Waals surface area (Å²) in [4.78, 5) is 24.9. The van der Waals surface area contributed by atoms with Crippen LogP contribution in [0.2, 0.25) is 0 Å². The number of amides is 1. The molecule has 1 amide bonds. The van der Waals surface area contributed by atoms with E-state index in [1.807, 2.05) is 31.2 Å². The fourth-order valence-corrected chi connectivity index (χ4v) is 3.57. The normalized spacial score (nSPS) is 10.7. The van der Waals surface area contributed by atoms with Gasteiger partial charge in [-0.1, -0.05) is 36.4 Å². The minimum absolute atomic E-state index is 0.150. The summed E-state index contributed by atoms with van der Waals surface area (Å²) in [6, 6.07) is 14.6. The summed E-state index contributed by atoms with van der Waals surface area (Å²) < 4.78 is 1.06. The highest BCUT2D eigenvalue weighted by molar-refractivity contribution is 7.21. The Kier molecular flexibility index (Phi) is 3.31. The summed E-state index contributed by atoms with van der Waals surface area (Å²) in [5.41, 5.74) is 6.92. The summed E-state index contributed by atoms with van der Waals surface area (Å²) in [5.74, 6) is -0.735. The van der Waals surface area contributed by atoms with Crippen molar-refractivity contribution in [1.82, 2.24) is 0 Å². The second-order valence-electron chi connectivity index (χ2n) is 4.79. The van der Waals surface area contributed by atoms with Gasteiger partial charge in [0.05, 0.1) is 10.4 Å². The molecule has 2 aromatic carbocycles. The Balaban J connectivity index is 2.18. The van der Waals surface area contributed by atoms with E-state index in [0.29, 0.717) is 10.4 Å². The maximum Gasteiger partial charge on any atom is 0.249 e. The highest BCUT2D eigenvalue weighted by Gasteiger charge is 2.20. The predicted octanol–water partition coefficient (Wildman–Crippen LogP) is 3.54. The lowest BCUT2D eigenvalue weighted by molar-refractivity contribution is 0.0982. The van der Waals surface area contributed by atoms with Crippen molar-refractivity contribution in [3.63, 3.8) is 0 Å². The minimum Gasteiger partial charge on any atom is -0.366 e. The molecule has 104 valence electrons. The van der Waals surface area contributed by atoms with Crippen LogP contribution in [0, 0.1) is 6.92 Å². The molecule has 4 heteroatoms. The van der Waals surface area contributed by atoms with Gasteiger partial charge in [0, 0.05) is 10.3 Å². The smallest absolute Gasteiger partial charge is 0.249 e. The van der Waals surface area contributed by atoms with Gasteiger partial charge in [0.25, 0.3) is 0 Å². The van der Waals surface area contributed by atoms with Gasteiger partial charge in [-0.05, 0) is 30.0 Å². The maximum atomic E-state index is 12.8. The van der Waals surface area contributed by atoms with Gasteiger partial charge in [-0.2, -0.15) is 0 Å². The number of carbonyl (C=O) groups is 2. The van der Waals surface area contributed by atoms with Crippen molar-refractivity contribution in [1.29, 1.82) is 0 Å². The number of thiophene rings is 1. The number of aryl methyl sites for hydroxylation is 1. The molecule has 2 N–H and O–H groups in total. The molecular formula is C17H13NO2S. The first kappa shape index (κ1) is 13.5. The number of nitrogens with two attached hydrogens (primary N) is 1. The Labute approximate surface area is 126 Å². The number of carbonyl (C=O) groups excluding carboxylic acids is 2. The Morgan fingerprint density at radius 1 is 0.952 bits per heavy atom. The van der Waals surface area contributed by atoms with Gasteiger partial charge in [0.2, 0.25) is 11.7 Å². The van der Waals surface area contributed by atoms with Gasteiger partial charge in [-0.25, -0.2) is 0 Å². The molecule has 0 spiro atoms. The molecule has 0 aliphatic heterocycles. The highest BCUT2D eigenvalue weighted by atomic mass is 32.1. The Morgan fingerprint density at radius 2 is 1.57 bits per heavy atom. The number of hydrogen-bond acceptors (Lipinski definition) is 3. The quantitative estimate of drug-likeness (QED) is 0.751. The van der Waals surface area contributed by atoms with Crippen LogP contribution in [-0.2, 0) is 0 Å². The van der Waals surface area contributed by atoms with Gasteiger partial charge in [0.15, 0.2) is 0 Å². The van der Waals surface area contributed by atoms with Crippen LogP contribution in [-0.4, -0.2) is 11.7 Å². The zero-order valence-electron chi connectivity index (χ0n) is 11.4. The van der Waals surface area contributed by atoms with Crippen LogP contribution < -0.4 is 5.73 Å². The van der Waals surface area contributed by atoms with E-state index in [1.165, 1.54) is 11.3 Å². The summed E-state index contributed by atoms with van der Waals surface area (Å²) >= 11 is 1.45. The molecular weight excluding hydrogens is 282 g/mol. The number of rotatable bonds is 3. The van der Waals surface area contributed by atoms with Gasteiger partial charge in [0.1, 0.15) is 0 Å². The van der Waals surface area contributed by atoms with E-state index in [2.05, 4.69) is 0 Å². The van der Waals surface area contributed by atoms with Gasteiger partial charge in [-0.15, -0.1) is 11.3 Å². The van der Waals surface area contributed by atoms with Crippen molar-refractivity contribution < 1.29 is 9.59 Å². The van der Waals surface area contributed by atoms with E-state index in [1.54, 1.807) is 24.3 Å². The van der Waals surface area contributed by atoms with Crippen molar-refractivity contribution in [3.8, 4) is 0 Å². The lowest BCUT2D eigenvalue weighted by Crippen LogP contribution is -2.16. The Morgan fingerprint density at radius 3 is 2.24 bits per heavy atom. The molecule has 0 saturated heterocycles. The third kappa shape index (κ3) is 2.23. The average Bonchev–Trinajstić information content (AvgIpc) is 2.84. The molecule has 0 aliphatic carbocycles. The van der Waals surface area contributed by atoms with Crippen LogP contribution in [0.4, 0.5) is 0 Å². The molecule has 3 rings (SSSR count). The van der Waals surface area contributed by atoms with E-state index in [-0.39, 0.29) is 11.3 Å². The van der Waals surface area contributed by atoms with E-state index in [9.17, 15) is 9.59 Å². The molecule has 0 radical (unpaired) electrons. The number of ketones is 1. The molecule has 1 aromatic heterocycles. The molecule has 0 fully saturated rings. The Hall–Kier alpha value is -2.46. The predicted molar refractivity (Wildman–Crippen MR) is 85.0 cm³/mol. The number of hydrogen-bond donors (Lipinski definition) is 1. The van der Waals surface area contributed by atoms with E-state index in [4.69, 9.17) is 5.73 Å². The van der Waals surface area contributed by atoms with Crippen molar-refractivity contribution >= 4 is 33.1 Å². The molecule has 0 atom stereocenters. The molecule has 0 unspecified atom stereocenters. The third-order valence-corrected chi connectivity index (χ3v) is 4.76. The summed E-state index contributed by atoms with van der Waals surface area (Å²) in [6.45, 7) is 1.93. The molecule has 3 nitrogen and oxygen atoms in total. The van der Waals surface area contributed by atoms with E-state index < -0.39 is 5.91 Å². The van der Waals surface area contributed by atoms with Crippen LogP contribution in [0.5, 0.6) is 0 Å². The minimum atomic E-state index is -0.585. The van der Waals surface area contributed by atoms with Crippen LogP contribution in [0.1, 0.15) is 31.2 Å². The lowest BCUT2D eigenvalue weighted by Gasteiger charge is -2.05. The van der Waals surface area contributed by atoms with Crippen molar-refractivity contribution in [2.45, 2.75) is 6.92 Å². The zero-order chi connectivity index (χ0) is 15.0. The van der Waals surface area contributed by atoms with Crippen molar-refractivity contribution in [3.05, 3.63) is 70.1 Å². The summed E-state index contributed by atoms with van der Waals surface area (Å²) in [6.07, 6.45) is 0. The first-order valence-electron chi connectivity index (χ1n) is 6.51. The number of benzene rings is 2. The fourth-order valence-electron chi connectivity index (χ4n) is 2.41. The molecule has 0 saturated carbocycles. The Bertz CT molecular complexity index is 864. The maximum absolute atomic E-state index is 12.8. The summed E-state index contributed by atoms with van der Waals surface area (Å²) in [7, 11) is 0. The largest absolute Gasteiger partial charge is 0.366 e. The van der Waals surface area contributed by atoms with Crippen LogP contribution in [0.3, 0.4) is 0 Å². The molecule has 1 heterocycles. The average molecular weight is 295 g/mol. The molecule has 0 bridgehead atoms. The van der Waals surface area contributed by atoms with E-state index in [0.717, 1.165) is 15.6 Å². The molecule has 3 aromatic rings. The number of primary amides is 1. The SMILES string of the molecule is Cc1c(C(=O)c2ccccc2C(N)=O)sc2ccccc12. The van der Waals surface area contributed by atoms with Gasteiger partial charge < -0.3 is 5.73 Å². The first-order chi connectivity index (χ1) is 10.1. The van der Waals surface area contributed by atoms with Gasteiger partial charge >= 0.3 is 0 Å². The first-order valence-corrected chi connectivity index (χ1v) is 7.33. The van der Waals surface area contributed by atoms with Crippen molar-refractivity contribution in [2.75, 3.05) is 0 Å². The van der Waals surface area contributed by atoms with E-state index >= 15 is 0 Å². The van der Waals surface area contributed by atoms with Crippen LogP contribution >= 0.6 is 11.3 Å². The molecule has 0 aliphatic rings. The zero-order valence-corrected chi connectivity index (χ0v) is 12.2. The second kappa shape index (κ2) is 5.14. The number of fused-ring (bicyclic) bond motifs is 1. The highest BCUT2D eigenvalue weighted by Crippen LogP contribution is 2.32. The summed E-state index contributed by atoms with van der Waals surface area (Å²) in [5, 5.41) is 1.07. The van der Waals surface area contributed by atoms with Crippen molar-refractivity contribution in [2.24, 2.45) is 5.73 Å². The third-order valence-electron chi connectivity index (χ3n) is 3.49. The molecule has 21 heavy (non-hydrogen) atoms. The standard InChI is InChI=1S/C17H13NO2S/c1-10-11-6-4-5-9-14(11)21-16(10)15(19)12-7-2-3-8-13(12)17(18)20/h2-9H,1H3,(H2,18,20). The van der Waals surface area contributed by atoms with Crippen LogP contribution in [0.25, 0.3) is 10.1 Å².